The van der Waals surface area contributed by atoms with E-state index >= 15 is 0 Å². The normalized spacial score (nSPS) is 10.3. The van der Waals surface area contributed by atoms with Crippen LogP contribution in [0.5, 0.6) is 5.88 Å². The summed E-state index contributed by atoms with van der Waals surface area (Å²) in [6, 6.07) is 9.79. The Bertz CT molecular complexity index is 500. The molecule has 0 amide bonds. The highest BCUT2D eigenvalue weighted by atomic mass is 16.5. The van der Waals surface area contributed by atoms with Crippen molar-refractivity contribution in [3.05, 3.63) is 59.2 Å². The summed E-state index contributed by atoms with van der Waals surface area (Å²) < 4.78 is 6.30. The van der Waals surface area contributed by atoms with Crippen LogP contribution >= 0.6 is 0 Å². The molecule has 0 spiro atoms. The molecule has 1 heterocycles. The molecule has 2 aromatic rings. The molecule has 0 N–H and O–H groups in total. The van der Waals surface area contributed by atoms with Crippen LogP contribution in [-0.4, -0.2) is 4.98 Å². The van der Waals surface area contributed by atoms with E-state index in [-0.39, 0.29) is 0 Å². The molecule has 0 saturated carbocycles. The van der Waals surface area contributed by atoms with Crippen molar-refractivity contribution in [3.8, 4) is 5.88 Å². The van der Waals surface area contributed by atoms with Crippen LogP contribution < -0.4 is 9.47 Å². The van der Waals surface area contributed by atoms with Crippen molar-refractivity contribution in [1.29, 1.82) is 0 Å². The number of aryl methyl sites for hydroxylation is 1. The zero-order chi connectivity index (χ0) is 12.8. The van der Waals surface area contributed by atoms with E-state index in [1.807, 2.05) is 37.3 Å². The van der Waals surface area contributed by atoms with Gasteiger partial charge in [0.05, 0.1) is 6.20 Å². The summed E-state index contributed by atoms with van der Waals surface area (Å²) in [7, 11) is 0. The summed E-state index contributed by atoms with van der Waals surface area (Å²) in [4.78, 5) is 4.13. The lowest BCUT2D eigenvalue weighted by molar-refractivity contribution is -0.615. The monoisotopic (exact) mass is 244 g/mol. The second-order valence-electron chi connectivity index (χ2n) is 4.07. The molecule has 0 saturated heterocycles. The maximum absolute atomic E-state index is 11.6. The highest BCUT2D eigenvalue weighted by Crippen LogP contribution is 2.07. The molecule has 4 heteroatoms. The summed E-state index contributed by atoms with van der Waals surface area (Å²) in [5.41, 5.74) is 1.72. The average Bonchev–Trinajstić information content (AvgIpc) is 2.41. The molecular weight excluding hydrogens is 228 g/mol. The van der Waals surface area contributed by atoms with Crippen molar-refractivity contribution in [1.82, 2.24) is 4.98 Å². The molecule has 94 valence electrons. The van der Waals surface area contributed by atoms with E-state index in [0.29, 0.717) is 18.2 Å². The van der Waals surface area contributed by atoms with Crippen molar-refractivity contribution in [2.45, 2.75) is 26.4 Å². The molecule has 1 aromatic heterocycles. The minimum atomic E-state index is 0.355. The van der Waals surface area contributed by atoms with Gasteiger partial charge in [-0.1, -0.05) is 37.3 Å². The van der Waals surface area contributed by atoms with Crippen LogP contribution in [0, 0.1) is 5.21 Å². The Morgan fingerprint density at radius 2 is 2.06 bits per heavy atom. The van der Waals surface area contributed by atoms with Gasteiger partial charge in [0.2, 0.25) is 11.9 Å². The molecule has 1 aromatic carbocycles. The molecule has 0 aliphatic heterocycles. The van der Waals surface area contributed by atoms with Gasteiger partial charge in [-0.15, -0.1) is 0 Å². The number of aromatic nitrogens is 2. The second-order valence-corrected chi connectivity index (χ2v) is 4.07. The number of nitrogens with zero attached hydrogens (tertiary/aromatic N) is 2. The fourth-order valence-electron chi connectivity index (χ4n) is 1.65. The van der Waals surface area contributed by atoms with Gasteiger partial charge in [-0.3, -0.25) is 0 Å². The molecule has 0 bridgehead atoms. The van der Waals surface area contributed by atoms with E-state index in [2.05, 4.69) is 4.98 Å². The van der Waals surface area contributed by atoms with Crippen LogP contribution in [0.1, 0.15) is 24.6 Å². The summed E-state index contributed by atoms with van der Waals surface area (Å²) in [5, 5.41) is 11.6. The lowest BCUT2D eigenvalue weighted by atomic mass is 10.2. The first kappa shape index (κ1) is 12.4. The minimum Gasteiger partial charge on any atom is -0.618 e. The van der Waals surface area contributed by atoms with Crippen LogP contribution in [-0.2, 0) is 13.0 Å². The van der Waals surface area contributed by atoms with Gasteiger partial charge < -0.3 is 9.94 Å². The molecule has 0 aliphatic rings. The Hall–Kier alpha value is -2.10. The topological polar surface area (TPSA) is 49.1 Å². The van der Waals surface area contributed by atoms with E-state index in [1.165, 1.54) is 6.20 Å². The van der Waals surface area contributed by atoms with Gasteiger partial charge in [0, 0.05) is 6.42 Å². The van der Waals surface area contributed by atoms with Gasteiger partial charge in [0.1, 0.15) is 6.61 Å². The van der Waals surface area contributed by atoms with E-state index in [1.54, 1.807) is 6.20 Å². The summed E-state index contributed by atoms with van der Waals surface area (Å²) >= 11 is 0. The number of ether oxygens (including phenoxy) is 1. The summed E-state index contributed by atoms with van der Waals surface area (Å²) in [5.74, 6) is 0.355. The molecular formula is C14H16N2O2. The van der Waals surface area contributed by atoms with Crippen LogP contribution in [0.15, 0.2) is 42.7 Å². The Kier molecular flexibility index (Phi) is 4.12. The SMILES string of the molecule is CCCc1cnc(OCc2ccccc2)c[n+]1[O-]. The first-order valence-corrected chi connectivity index (χ1v) is 6.04. The standard InChI is InChI=1S/C14H16N2O2/c1-2-6-13-9-15-14(10-16(13)17)18-11-12-7-4-3-5-8-12/h3-5,7-10H,2,6,11H2,1H3. The maximum Gasteiger partial charge on any atom is 0.281 e. The molecule has 0 unspecified atom stereocenters. The quantitative estimate of drug-likeness (QED) is 0.598. The zero-order valence-electron chi connectivity index (χ0n) is 10.4. The Labute approximate surface area is 106 Å². The maximum atomic E-state index is 11.6. The highest BCUT2D eigenvalue weighted by Gasteiger charge is 2.07. The molecule has 0 atom stereocenters. The van der Waals surface area contributed by atoms with Crippen LogP contribution in [0.3, 0.4) is 0 Å². The number of benzene rings is 1. The molecule has 2 rings (SSSR count). The minimum absolute atomic E-state index is 0.355. The van der Waals surface area contributed by atoms with Crippen LogP contribution in [0.2, 0.25) is 0 Å². The Morgan fingerprint density at radius 1 is 1.28 bits per heavy atom. The van der Waals surface area contributed by atoms with Gasteiger partial charge >= 0.3 is 0 Å². The number of rotatable bonds is 5. The van der Waals surface area contributed by atoms with E-state index in [0.717, 1.165) is 23.1 Å². The van der Waals surface area contributed by atoms with E-state index in [4.69, 9.17) is 4.74 Å². The second kappa shape index (κ2) is 6.00. The highest BCUT2D eigenvalue weighted by molar-refractivity contribution is 5.14. The first-order chi connectivity index (χ1) is 8.79. The predicted octanol–water partition coefficient (Wildman–Crippen LogP) is 2.25. The molecule has 4 nitrogen and oxygen atoms in total. The first-order valence-electron chi connectivity index (χ1n) is 6.04. The van der Waals surface area contributed by atoms with Gasteiger partial charge in [-0.2, -0.15) is 4.73 Å². The lowest BCUT2D eigenvalue weighted by Crippen LogP contribution is -2.31. The predicted molar refractivity (Wildman–Crippen MR) is 68.0 cm³/mol. The number of hydrogen-bond donors (Lipinski definition) is 0. The fraction of sp³-hybridized carbons (Fsp3) is 0.286. The molecule has 0 radical (unpaired) electrons. The third kappa shape index (κ3) is 3.20. The van der Waals surface area contributed by atoms with Crippen molar-refractivity contribution in [2.24, 2.45) is 0 Å². The molecule has 0 fully saturated rings. The van der Waals surface area contributed by atoms with Crippen molar-refractivity contribution < 1.29 is 9.47 Å². The third-order valence-electron chi connectivity index (χ3n) is 2.59. The zero-order valence-corrected chi connectivity index (χ0v) is 10.4. The Morgan fingerprint density at radius 3 is 2.72 bits per heavy atom. The lowest BCUT2D eigenvalue weighted by Gasteiger charge is -2.07. The van der Waals surface area contributed by atoms with E-state index in [9.17, 15) is 5.21 Å². The smallest absolute Gasteiger partial charge is 0.281 e. The van der Waals surface area contributed by atoms with Crippen LogP contribution in [0.25, 0.3) is 0 Å². The molecule has 0 aliphatic carbocycles. The summed E-state index contributed by atoms with van der Waals surface area (Å²) in [6.07, 6.45) is 4.62. The molecule has 18 heavy (non-hydrogen) atoms. The van der Waals surface area contributed by atoms with Gasteiger partial charge in [0.25, 0.3) is 5.88 Å². The number of hydrogen-bond acceptors (Lipinski definition) is 3. The summed E-state index contributed by atoms with van der Waals surface area (Å²) in [6.45, 7) is 2.45. The average molecular weight is 244 g/mol. The van der Waals surface area contributed by atoms with E-state index < -0.39 is 0 Å². The van der Waals surface area contributed by atoms with Gasteiger partial charge in [-0.05, 0) is 12.0 Å². The fourth-order valence-corrected chi connectivity index (χ4v) is 1.65. The van der Waals surface area contributed by atoms with Crippen LogP contribution in [0.4, 0.5) is 0 Å². The van der Waals surface area contributed by atoms with Crippen molar-refractivity contribution in [3.63, 3.8) is 0 Å². The van der Waals surface area contributed by atoms with Gasteiger partial charge in [0.15, 0.2) is 0 Å². The van der Waals surface area contributed by atoms with Crippen molar-refractivity contribution in [2.75, 3.05) is 0 Å². The van der Waals surface area contributed by atoms with Crippen molar-refractivity contribution >= 4 is 0 Å². The Balaban J connectivity index is 2.00. The van der Waals surface area contributed by atoms with Gasteiger partial charge in [-0.25, -0.2) is 4.98 Å². The third-order valence-corrected chi connectivity index (χ3v) is 2.59. The largest absolute Gasteiger partial charge is 0.618 e.